The molecule has 3 rings (SSSR count). The maximum absolute atomic E-state index is 14.4. The molecule has 0 spiro atoms. The van der Waals surface area contributed by atoms with Crippen molar-refractivity contribution in [3.8, 4) is 11.3 Å². The Morgan fingerprint density at radius 3 is 2.65 bits per heavy atom. The number of carbonyl (C=O) groups is 1. The molecule has 3 N–H and O–H groups in total. The van der Waals surface area contributed by atoms with Gasteiger partial charge < -0.3 is 20.6 Å². The van der Waals surface area contributed by atoms with Gasteiger partial charge in [-0.05, 0) is 43.3 Å². The van der Waals surface area contributed by atoms with Gasteiger partial charge in [0.15, 0.2) is 0 Å². The lowest BCUT2D eigenvalue weighted by atomic mass is 10.1. The lowest BCUT2D eigenvalue weighted by molar-refractivity contribution is 0.0879. The smallest absolute Gasteiger partial charge is 0.254 e. The second kappa shape index (κ2) is 9.72. The Bertz CT molecular complexity index is 1060. The molecule has 0 saturated carbocycles. The van der Waals surface area contributed by atoms with Crippen molar-refractivity contribution in [3.63, 3.8) is 0 Å². The van der Waals surface area contributed by atoms with Crippen LogP contribution in [0, 0.1) is 5.82 Å². The van der Waals surface area contributed by atoms with Crippen LogP contribution in [0.25, 0.3) is 11.3 Å². The molecule has 162 valence electrons. The van der Waals surface area contributed by atoms with Gasteiger partial charge in [0.1, 0.15) is 12.0 Å². The molecule has 0 bridgehead atoms. The predicted molar refractivity (Wildman–Crippen MR) is 120 cm³/mol. The number of amides is 1. The van der Waals surface area contributed by atoms with Gasteiger partial charge in [0, 0.05) is 37.1 Å². The number of aromatic nitrogens is 2. The zero-order chi connectivity index (χ0) is 22.5. The molecule has 7 nitrogen and oxygen atoms in total. The Labute approximate surface area is 184 Å². The molecule has 0 aliphatic carbocycles. The van der Waals surface area contributed by atoms with Crippen molar-refractivity contribution in [2.75, 3.05) is 24.3 Å². The molecule has 31 heavy (non-hydrogen) atoms. The molecule has 1 aromatic carbocycles. The van der Waals surface area contributed by atoms with Gasteiger partial charge in [-0.1, -0.05) is 11.6 Å². The van der Waals surface area contributed by atoms with Crippen molar-refractivity contribution in [2.45, 2.75) is 19.2 Å². The van der Waals surface area contributed by atoms with Crippen LogP contribution in [0.5, 0.6) is 0 Å². The fourth-order valence-electron chi connectivity index (χ4n) is 2.93. The van der Waals surface area contributed by atoms with Gasteiger partial charge in [-0.25, -0.2) is 4.39 Å². The highest BCUT2D eigenvalue weighted by atomic mass is 35.5. The van der Waals surface area contributed by atoms with Crippen LogP contribution in [0.3, 0.4) is 0 Å². The molecule has 0 unspecified atom stereocenters. The Hall–Kier alpha value is -3.23. The van der Waals surface area contributed by atoms with Crippen LogP contribution < -0.4 is 15.5 Å². The third-order valence-electron chi connectivity index (χ3n) is 4.57. The van der Waals surface area contributed by atoms with Crippen LogP contribution >= 0.6 is 11.6 Å². The fraction of sp³-hybridized carbons (Fsp3) is 0.227. The lowest BCUT2D eigenvalue weighted by Crippen LogP contribution is -2.47. The van der Waals surface area contributed by atoms with Gasteiger partial charge in [0.25, 0.3) is 5.91 Å². The number of rotatable bonds is 7. The van der Waals surface area contributed by atoms with Crippen molar-refractivity contribution >= 4 is 28.9 Å². The van der Waals surface area contributed by atoms with Crippen LogP contribution in [0.2, 0.25) is 5.02 Å². The van der Waals surface area contributed by atoms with E-state index in [2.05, 4.69) is 20.6 Å². The third kappa shape index (κ3) is 5.48. The zero-order valence-electron chi connectivity index (χ0n) is 17.3. The van der Waals surface area contributed by atoms with Crippen LogP contribution in [0.1, 0.15) is 17.3 Å². The molecule has 1 amide bonds. The number of carbonyl (C=O) groups excluding carboxylic acids is 1. The highest BCUT2D eigenvalue weighted by Crippen LogP contribution is 2.31. The quantitative estimate of drug-likeness (QED) is 0.484. The number of nitrogens with zero attached hydrogens (tertiary/aromatic N) is 3. The minimum Gasteiger partial charge on any atom is -0.389 e. The molecule has 2 atom stereocenters. The van der Waals surface area contributed by atoms with Gasteiger partial charge >= 0.3 is 0 Å². The van der Waals surface area contributed by atoms with Crippen molar-refractivity contribution < 1.29 is 14.3 Å². The molecule has 2 heterocycles. The van der Waals surface area contributed by atoms with E-state index in [4.69, 9.17) is 11.6 Å². The predicted octanol–water partition coefficient (Wildman–Crippen LogP) is 3.55. The topological polar surface area (TPSA) is 90.4 Å². The Morgan fingerprint density at radius 2 is 2.00 bits per heavy atom. The first kappa shape index (κ1) is 22.5. The largest absolute Gasteiger partial charge is 0.389 e. The molecule has 9 heteroatoms. The Kier molecular flexibility index (Phi) is 7.04. The number of nitrogens with one attached hydrogen (secondary N) is 2. The monoisotopic (exact) mass is 443 g/mol. The average Bonchev–Trinajstić information content (AvgIpc) is 2.75. The standard InChI is InChI=1S/C22H23ClFN5O2/c1-13(30)21(28-22(31)14-5-4-8-25-11-14)27-19-10-18(26-12-20(19)29(2)3)16-9-15(23)6-7-17(16)24/h4-13,21,30H,1-3H3,(H,26,27)(H,28,31)/t13-,21-/m0/s1. The third-order valence-corrected chi connectivity index (χ3v) is 4.81. The van der Waals surface area contributed by atoms with E-state index in [-0.39, 0.29) is 5.56 Å². The van der Waals surface area contributed by atoms with Gasteiger partial charge in [-0.3, -0.25) is 14.8 Å². The summed E-state index contributed by atoms with van der Waals surface area (Å²) in [5, 5.41) is 16.5. The molecular weight excluding hydrogens is 421 g/mol. The van der Waals surface area contributed by atoms with Gasteiger partial charge in [0.05, 0.1) is 34.9 Å². The summed E-state index contributed by atoms with van der Waals surface area (Å²) in [6.07, 6.45) is 2.82. The fourth-order valence-corrected chi connectivity index (χ4v) is 3.10. The lowest BCUT2D eigenvalue weighted by Gasteiger charge is -2.27. The van der Waals surface area contributed by atoms with Crippen LogP contribution in [-0.4, -0.2) is 47.3 Å². The Balaban J connectivity index is 1.94. The molecule has 0 radical (unpaired) electrons. The van der Waals surface area contributed by atoms with E-state index in [0.29, 0.717) is 27.7 Å². The van der Waals surface area contributed by atoms with Crippen molar-refractivity contribution in [2.24, 2.45) is 0 Å². The first-order chi connectivity index (χ1) is 14.8. The SMILES string of the molecule is C[C@H](O)[C@H](NC(=O)c1cccnc1)Nc1cc(-c2cc(Cl)ccc2F)ncc1N(C)C. The summed E-state index contributed by atoms with van der Waals surface area (Å²) in [5.41, 5.74) is 2.20. The summed E-state index contributed by atoms with van der Waals surface area (Å²) in [6, 6.07) is 9.16. The van der Waals surface area contributed by atoms with Gasteiger partial charge in [0.2, 0.25) is 0 Å². The van der Waals surface area contributed by atoms with Crippen molar-refractivity contribution in [1.82, 2.24) is 15.3 Å². The number of pyridine rings is 2. The first-order valence-electron chi connectivity index (χ1n) is 9.54. The van der Waals surface area contributed by atoms with Crippen molar-refractivity contribution in [3.05, 3.63) is 71.4 Å². The highest BCUT2D eigenvalue weighted by molar-refractivity contribution is 6.30. The number of anilines is 2. The summed E-state index contributed by atoms with van der Waals surface area (Å²) in [5.74, 6) is -0.856. The number of hydrogen-bond donors (Lipinski definition) is 3. The summed E-state index contributed by atoms with van der Waals surface area (Å²) in [6.45, 7) is 1.55. The van der Waals surface area contributed by atoms with E-state index < -0.39 is 24.0 Å². The minimum atomic E-state index is -0.935. The maximum Gasteiger partial charge on any atom is 0.254 e. The summed E-state index contributed by atoms with van der Waals surface area (Å²) in [4.78, 5) is 22.7. The summed E-state index contributed by atoms with van der Waals surface area (Å²) in [7, 11) is 3.65. The first-order valence-corrected chi connectivity index (χ1v) is 9.92. The summed E-state index contributed by atoms with van der Waals surface area (Å²) >= 11 is 6.03. The minimum absolute atomic E-state index is 0.244. The van der Waals surface area contributed by atoms with E-state index >= 15 is 0 Å². The number of hydrogen-bond acceptors (Lipinski definition) is 6. The second-order valence-corrected chi connectivity index (χ2v) is 7.62. The molecule has 0 fully saturated rings. The number of benzene rings is 1. The molecule has 2 aromatic heterocycles. The van der Waals surface area contributed by atoms with E-state index in [0.717, 1.165) is 0 Å². The van der Waals surface area contributed by atoms with Gasteiger partial charge in [-0.2, -0.15) is 0 Å². The van der Waals surface area contributed by atoms with E-state index in [9.17, 15) is 14.3 Å². The highest BCUT2D eigenvalue weighted by Gasteiger charge is 2.21. The van der Waals surface area contributed by atoms with Crippen LogP contribution in [0.15, 0.2) is 55.0 Å². The number of halogens is 2. The Morgan fingerprint density at radius 1 is 1.23 bits per heavy atom. The average molecular weight is 444 g/mol. The second-order valence-electron chi connectivity index (χ2n) is 7.18. The van der Waals surface area contributed by atoms with Gasteiger partial charge in [-0.15, -0.1) is 0 Å². The molecule has 3 aromatic rings. The van der Waals surface area contributed by atoms with E-state index in [1.54, 1.807) is 37.5 Å². The van der Waals surface area contributed by atoms with Crippen molar-refractivity contribution in [1.29, 1.82) is 0 Å². The van der Waals surface area contributed by atoms with Crippen LogP contribution in [0.4, 0.5) is 15.8 Å². The summed E-state index contributed by atoms with van der Waals surface area (Å²) < 4.78 is 14.4. The van der Waals surface area contributed by atoms with E-state index in [1.165, 1.54) is 24.4 Å². The van der Waals surface area contributed by atoms with Crippen LogP contribution in [-0.2, 0) is 0 Å². The molecular formula is C22H23ClFN5O2. The van der Waals surface area contributed by atoms with E-state index in [1.807, 2.05) is 19.0 Å². The maximum atomic E-state index is 14.4. The molecule has 0 aliphatic rings. The normalized spacial score (nSPS) is 12.7. The number of aliphatic hydroxyl groups excluding tert-OH is 1. The molecule has 0 saturated heterocycles. The molecule has 0 aliphatic heterocycles. The number of aliphatic hydroxyl groups is 1. The zero-order valence-corrected chi connectivity index (χ0v) is 18.1.